The first kappa shape index (κ1) is 13.2. The molecule has 1 aromatic heterocycles. The molecule has 2 aliphatic rings. The molecule has 1 aromatic carbocycles. The van der Waals surface area contributed by atoms with Gasteiger partial charge in [-0.3, -0.25) is 10.00 Å². The lowest BCUT2D eigenvalue weighted by molar-refractivity contribution is 0.209. The molecule has 1 unspecified atom stereocenters. The van der Waals surface area contributed by atoms with Gasteiger partial charge in [0.2, 0.25) is 0 Å². The number of para-hydroxylation sites is 2. The summed E-state index contributed by atoms with van der Waals surface area (Å²) in [7, 11) is 0. The minimum absolute atomic E-state index is 0.0711. The number of hydrogen-bond acceptors (Lipinski definition) is 3. The quantitative estimate of drug-likeness (QED) is 0.878. The van der Waals surface area contributed by atoms with Crippen molar-refractivity contribution in [2.75, 3.05) is 31.1 Å². The molecule has 1 atom stereocenters. The van der Waals surface area contributed by atoms with E-state index >= 15 is 0 Å². The van der Waals surface area contributed by atoms with Crippen molar-refractivity contribution in [3.63, 3.8) is 0 Å². The average Bonchev–Trinajstić information content (AvgIpc) is 3.24. The van der Waals surface area contributed by atoms with Crippen LogP contribution >= 0.6 is 0 Å². The number of aromatic amines is 1. The van der Waals surface area contributed by atoms with Crippen LogP contribution in [-0.2, 0) is 0 Å². The second kappa shape index (κ2) is 5.36. The van der Waals surface area contributed by atoms with Crippen LogP contribution in [0.2, 0.25) is 0 Å². The molecule has 0 bridgehead atoms. The van der Waals surface area contributed by atoms with Crippen molar-refractivity contribution in [1.82, 2.24) is 15.1 Å². The van der Waals surface area contributed by atoms with Gasteiger partial charge in [0.25, 0.3) is 0 Å². The summed E-state index contributed by atoms with van der Waals surface area (Å²) in [6.07, 6.45) is 4.75. The first-order valence-electron chi connectivity index (χ1n) is 7.60. The Morgan fingerprint density at radius 2 is 2.23 bits per heavy atom. The summed E-state index contributed by atoms with van der Waals surface area (Å²) in [5.74, 6) is 1.16. The highest BCUT2D eigenvalue weighted by molar-refractivity contribution is 5.94. The van der Waals surface area contributed by atoms with Gasteiger partial charge in [-0.15, -0.1) is 0 Å². The monoisotopic (exact) mass is 298 g/mol. The van der Waals surface area contributed by atoms with Gasteiger partial charge >= 0.3 is 6.03 Å². The number of benzene rings is 1. The zero-order valence-electron chi connectivity index (χ0n) is 12.2. The molecule has 22 heavy (non-hydrogen) atoms. The molecule has 114 valence electrons. The molecule has 3 heterocycles. The summed E-state index contributed by atoms with van der Waals surface area (Å²) in [4.78, 5) is 16.6. The van der Waals surface area contributed by atoms with Crippen LogP contribution in [0, 0.1) is 0 Å². The van der Waals surface area contributed by atoms with Gasteiger partial charge in [-0.1, -0.05) is 12.1 Å². The highest BCUT2D eigenvalue weighted by atomic mass is 16.5. The number of fused-ring (bicyclic) bond motifs is 1. The largest absolute Gasteiger partial charge is 0.490 e. The van der Waals surface area contributed by atoms with E-state index in [1.807, 2.05) is 46.5 Å². The number of carbonyl (C=O) groups is 1. The number of rotatable bonds is 1. The Morgan fingerprint density at radius 3 is 3.09 bits per heavy atom. The minimum atomic E-state index is 0.0711. The van der Waals surface area contributed by atoms with Crippen molar-refractivity contribution in [3.8, 4) is 5.75 Å². The molecule has 1 fully saturated rings. The molecular formula is C16H18N4O2. The van der Waals surface area contributed by atoms with Crippen LogP contribution in [0.1, 0.15) is 17.9 Å². The summed E-state index contributed by atoms with van der Waals surface area (Å²) in [5.41, 5.74) is 2.04. The van der Waals surface area contributed by atoms with Crippen molar-refractivity contribution < 1.29 is 9.53 Å². The fraction of sp³-hybridized carbons (Fsp3) is 0.375. The van der Waals surface area contributed by atoms with E-state index in [0.29, 0.717) is 19.1 Å². The molecule has 2 aromatic rings. The van der Waals surface area contributed by atoms with E-state index < -0.39 is 0 Å². The highest BCUT2D eigenvalue weighted by Gasteiger charge is 2.33. The van der Waals surface area contributed by atoms with Crippen molar-refractivity contribution in [3.05, 3.63) is 42.2 Å². The first-order chi connectivity index (χ1) is 10.8. The van der Waals surface area contributed by atoms with Gasteiger partial charge in [0, 0.05) is 25.2 Å². The normalized spacial score (nSPS) is 20.6. The second-order valence-electron chi connectivity index (χ2n) is 5.71. The average molecular weight is 298 g/mol. The zero-order valence-corrected chi connectivity index (χ0v) is 12.2. The Labute approximate surface area is 128 Å². The van der Waals surface area contributed by atoms with Crippen LogP contribution in [0.25, 0.3) is 0 Å². The van der Waals surface area contributed by atoms with E-state index in [1.165, 1.54) is 5.56 Å². The highest BCUT2D eigenvalue weighted by Crippen LogP contribution is 2.33. The molecule has 0 radical (unpaired) electrons. The molecule has 4 rings (SSSR count). The van der Waals surface area contributed by atoms with Gasteiger partial charge in [-0.25, -0.2) is 4.79 Å². The number of ether oxygens (including phenoxy) is 1. The van der Waals surface area contributed by atoms with Gasteiger partial charge in [0.1, 0.15) is 12.4 Å². The SMILES string of the molecule is O=C(N1CCC(c2cn[nH]c2)C1)N1CCOc2ccccc21. The lowest BCUT2D eigenvalue weighted by atomic mass is 10.0. The molecule has 0 saturated carbocycles. The van der Waals surface area contributed by atoms with E-state index in [-0.39, 0.29) is 6.03 Å². The molecule has 0 spiro atoms. The van der Waals surface area contributed by atoms with Crippen molar-refractivity contribution in [1.29, 1.82) is 0 Å². The number of hydrogen-bond donors (Lipinski definition) is 1. The summed E-state index contributed by atoms with van der Waals surface area (Å²) in [6, 6.07) is 7.79. The molecule has 1 N–H and O–H groups in total. The van der Waals surface area contributed by atoms with Gasteiger partial charge in [0.05, 0.1) is 18.4 Å². The Balaban J connectivity index is 1.51. The second-order valence-corrected chi connectivity index (χ2v) is 5.71. The molecule has 0 aliphatic carbocycles. The van der Waals surface area contributed by atoms with Gasteiger partial charge in [-0.2, -0.15) is 5.10 Å². The van der Waals surface area contributed by atoms with E-state index in [0.717, 1.165) is 30.9 Å². The fourth-order valence-corrected chi connectivity index (χ4v) is 3.23. The van der Waals surface area contributed by atoms with Gasteiger partial charge in [-0.05, 0) is 24.1 Å². The van der Waals surface area contributed by atoms with Crippen LogP contribution in [0.15, 0.2) is 36.7 Å². The number of urea groups is 1. The summed E-state index contributed by atoms with van der Waals surface area (Å²) < 4.78 is 5.62. The van der Waals surface area contributed by atoms with Crippen molar-refractivity contribution in [2.24, 2.45) is 0 Å². The van der Waals surface area contributed by atoms with E-state index in [1.54, 1.807) is 0 Å². The third-order valence-corrected chi connectivity index (χ3v) is 4.41. The number of aromatic nitrogens is 2. The number of amides is 2. The van der Waals surface area contributed by atoms with Crippen LogP contribution in [0.3, 0.4) is 0 Å². The Morgan fingerprint density at radius 1 is 1.32 bits per heavy atom. The molecule has 2 aliphatic heterocycles. The molecule has 6 nitrogen and oxygen atoms in total. The van der Waals surface area contributed by atoms with Crippen molar-refractivity contribution in [2.45, 2.75) is 12.3 Å². The number of H-pyrrole nitrogens is 1. The van der Waals surface area contributed by atoms with Crippen molar-refractivity contribution >= 4 is 11.7 Å². The standard InChI is InChI=1S/C16H18N4O2/c21-16(19-6-5-12(11-19)13-9-17-18-10-13)20-7-8-22-15-4-2-1-3-14(15)20/h1-4,9-10,12H,5-8,11H2,(H,17,18). The van der Waals surface area contributed by atoms with Crippen LogP contribution in [0.5, 0.6) is 5.75 Å². The lowest BCUT2D eigenvalue weighted by Gasteiger charge is -2.32. The lowest BCUT2D eigenvalue weighted by Crippen LogP contribution is -2.45. The van der Waals surface area contributed by atoms with Gasteiger partial charge < -0.3 is 9.64 Å². The molecule has 6 heteroatoms. The minimum Gasteiger partial charge on any atom is -0.490 e. The van der Waals surface area contributed by atoms with Crippen LogP contribution in [0.4, 0.5) is 10.5 Å². The summed E-state index contributed by atoms with van der Waals surface area (Å²) in [5, 5.41) is 6.85. The van der Waals surface area contributed by atoms with E-state index in [9.17, 15) is 4.79 Å². The Hall–Kier alpha value is -2.50. The first-order valence-corrected chi connectivity index (χ1v) is 7.60. The third kappa shape index (κ3) is 2.20. The fourth-order valence-electron chi connectivity index (χ4n) is 3.23. The topological polar surface area (TPSA) is 61.5 Å². The number of anilines is 1. The van der Waals surface area contributed by atoms with E-state index in [2.05, 4.69) is 10.2 Å². The maximum atomic E-state index is 12.9. The summed E-state index contributed by atoms with van der Waals surface area (Å²) >= 11 is 0. The predicted octanol–water partition coefficient (Wildman–Crippen LogP) is 2.22. The Bertz CT molecular complexity index is 671. The number of likely N-dealkylation sites (tertiary alicyclic amines) is 1. The molecule has 2 amide bonds. The van der Waals surface area contributed by atoms with Crippen LogP contribution < -0.4 is 9.64 Å². The van der Waals surface area contributed by atoms with Gasteiger partial charge in [0.15, 0.2) is 0 Å². The Kier molecular flexibility index (Phi) is 3.21. The predicted molar refractivity (Wildman–Crippen MR) is 82.2 cm³/mol. The number of nitrogens with one attached hydrogen (secondary N) is 1. The molecule has 1 saturated heterocycles. The maximum absolute atomic E-state index is 12.9. The maximum Gasteiger partial charge on any atom is 0.324 e. The summed E-state index contributed by atoms with van der Waals surface area (Å²) in [6.45, 7) is 2.68. The number of carbonyl (C=O) groups excluding carboxylic acids is 1. The number of nitrogens with zero attached hydrogens (tertiary/aromatic N) is 3. The van der Waals surface area contributed by atoms with Crippen LogP contribution in [-0.4, -0.2) is 47.4 Å². The third-order valence-electron chi connectivity index (χ3n) is 4.41. The molecular weight excluding hydrogens is 280 g/mol. The zero-order chi connectivity index (χ0) is 14.9. The smallest absolute Gasteiger partial charge is 0.324 e. The van der Waals surface area contributed by atoms with E-state index in [4.69, 9.17) is 4.74 Å².